The lowest BCUT2D eigenvalue weighted by Crippen LogP contribution is -2.27. The van der Waals surface area contributed by atoms with Crippen LogP contribution in [0.5, 0.6) is 0 Å². The predicted octanol–water partition coefficient (Wildman–Crippen LogP) is 0.852. The number of fused-ring (bicyclic) bond motifs is 1. The molecule has 0 saturated heterocycles. The number of carbonyl (C=O) groups excluding carboxylic acids is 1. The minimum absolute atomic E-state index is 0.0872. The van der Waals surface area contributed by atoms with Crippen LogP contribution in [0.15, 0.2) is 18.6 Å². The van der Waals surface area contributed by atoms with Crippen molar-refractivity contribution in [2.24, 2.45) is 0 Å². The third kappa shape index (κ3) is 2.81. The summed E-state index contributed by atoms with van der Waals surface area (Å²) >= 11 is 0. The predicted molar refractivity (Wildman–Crippen MR) is 76.8 cm³/mol. The van der Waals surface area contributed by atoms with Crippen LogP contribution in [0, 0.1) is 0 Å². The highest BCUT2D eigenvalue weighted by Gasteiger charge is 2.22. The van der Waals surface area contributed by atoms with Crippen LogP contribution in [0.1, 0.15) is 19.3 Å². The fraction of sp³-hybridized carbons (Fsp3) is 0.462. The van der Waals surface area contributed by atoms with Crippen LogP contribution >= 0.6 is 0 Å². The second kappa shape index (κ2) is 5.36. The number of nitrogens with zero attached hydrogens (tertiary/aromatic N) is 3. The van der Waals surface area contributed by atoms with Gasteiger partial charge in [-0.05, 0) is 12.8 Å². The number of amides is 1. The Kier molecular flexibility index (Phi) is 3.41. The average Bonchev–Trinajstić information content (AvgIpc) is 3.12. The molecule has 2 heterocycles. The van der Waals surface area contributed by atoms with Crippen molar-refractivity contribution in [3.05, 3.63) is 18.6 Å². The van der Waals surface area contributed by atoms with E-state index in [9.17, 15) is 4.79 Å². The normalized spacial score (nSPS) is 14.2. The van der Waals surface area contributed by atoms with Crippen molar-refractivity contribution in [3.63, 3.8) is 0 Å². The van der Waals surface area contributed by atoms with Gasteiger partial charge in [0.15, 0.2) is 11.5 Å². The number of nitrogens with one attached hydrogen (secondary N) is 3. The van der Waals surface area contributed by atoms with Gasteiger partial charge < -0.3 is 20.4 Å². The maximum Gasteiger partial charge on any atom is 0.221 e. The molecule has 0 aliphatic heterocycles. The van der Waals surface area contributed by atoms with Crippen molar-refractivity contribution in [2.45, 2.75) is 25.3 Å². The first-order valence-corrected chi connectivity index (χ1v) is 6.81. The molecular weight excluding hydrogens is 256 g/mol. The molecule has 1 saturated carbocycles. The summed E-state index contributed by atoms with van der Waals surface area (Å²) in [4.78, 5) is 20.3. The van der Waals surface area contributed by atoms with E-state index in [1.54, 1.807) is 6.20 Å². The molecule has 2 aromatic rings. The van der Waals surface area contributed by atoms with Gasteiger partial charge in [0.05, 0.1) is 6.20 Å². The van der Waals surface area contributed by atoms with E-state index < -0.39 is 0 Å². The minimum atomic E-state index is 0.0872. The number of hydrogen-bond acceptors (Lipinski definition) is 5. The van der Waals surface area contributed by atoms with Crippen molar-refractivity contribution < 1.29 is 4.79 Å². The van der Waals surface area contributed by atoms with E-state index in [1.807, 2.05) is 23.8 Å². The van der Waals surface area contributed by atoms with Crippen LogP contribution < -0.4 is 16.0 Å². The first-order chi connectivity index (χ1) is 9.76. The average molecular weight is 274 g/mol. The van der Waals surface area contributed by atoms with E-state index in [0.29, 0.717) is 24.8 Å². The molecule has 0 unspecified atom stereocenters. The van der Waals surface area contributed by atoms with Crippen molar-refractivity contribution in [3.8, 4) is 0 Å². The second-order valence-electron chi connectivity index (χ2n) is 4.90. The van der Waals surface area contributed by atoms with E-state index in [0.717, 1.165) is 24.3 Å². The third-order valence-corrected chi connectivity index (χ3v) is 3.22. The van der Waals surface area contributed by atoms with Gasteiger partial charge in [-0.2, -0.15) is 0 Å². The lowest BCUT2D eigenvalue weighted by atomic mass is 10.4. The molecule has 1 aliphatic carbocycles. The van der Waals surface area contributed by atoms with Crippen molar-refractivity contribution >= 4 is 23.2 Å². The smallest absolute Gasteiger partial charge is 0.221 e. The molecule has 0 aromatic carbocycles. The zero-order valence-corrected chi connectivity index (χ0v) is 11.4. The zero-order chi connectivity index (χ0) is 13.9. The first-order valence-electron chi connectivity index (χ1n) is 6.81. The number of carbonyl (C=O) groups is 1. The summed E-state index contributed by atoms with van der Waals surface area (Å²) < 4.78 is 1.89. The fourth-order valence-corrected chi connectivity index (χ4v) is 1.99. The van der Waals surface area contributed by atoms with Crippen LogP contribution in [-0.2, 0) is 4.79 Å². The number of aromatic nitrogens is 3. The van der Waals surface area contributed by atoms with E-state index in [1.165, 1.54) is 0 Å². The summed E-state index contributed by atoms with van der Waals surface area (Å²) in [7, 11) is 1.82. The lowest BCUT2D eigenvalue weighted by Gasteiger charge is -2.09. The van der Waals surface area contributed by atoms with Crippen LogP contribution in [0.25, 0.3) is 5.65 Å². The Labute approximate surface area is 116 Å². The molecule has 0 radical (unpaired) electrons. The van der Waals surface area contributed by atoms with Crippen LogP contribution in [0.4, 0.5) is 11.6 Å². The zero-order valence-electron chi connectivity index (χ0n) is 11.4. The number of anilines is 2. The molecule has 20 heavy (non-hydrogen) atoms. The molecule has 1 fully saturated rings. The minimum Gasteiger partial charge on any atom is -0.372 e. The maximum absolute atomic E-state index is 11.6. The Bertz CT molecular complexity index is 618. The number of rotatable bonds is 6. The standard InChI is InChI=1S/C13H18N6O/c1-14-10-8-19-7-6-16-13(19)12(18-10)15-5-4-11(20)17-9-2-3-9/h6-9,14H,2-5H2,1H3,(H,15,18)(H,17,20). The summed E-state index contributed by atoms with van der Waals surface area (Å²) in [5.74, 6) is 1.52. The van der Waals surface area contributed by atoms with Gasteiger partial charge in [0.2, 0.25) is 5.91 Å². The lowest BCUT2D eigenvalue weighted by molar-refractivity contribution is -0.120. The van der Waals surface area contributed by atoms with Gasteiger partial charge in [-0.3, -0.25) is 4.79 Å². The first kappa shape index (κ1) is 12.7. The SMILES string of the molecule is CNc1cn2ccnc2c(NCCC(=O)NC2CC2)n1. The Hall–Kier alpha value is -2.31. The molecule has 1 amide bonds. The van der Waals surface area contributed by atoms with E-state index in [2.05, 4.69) is 25.9 Å². The van der Waals surface area contributed by atoms with Gasteiger partial charge in [-0.15, -0.1) is 0 Å². The largest absolute Gasteiger partial charge is 0.372 e. The molecule has 1 aliphatic rings. The Morgan fingerprint density at radius 3 is 3.10 bits per heavy atom. The van der Waals surface area contributed by atoms with Gasteiger partial charge in [-0.25, -0.2) is 9.97 Å². The summed E-state index contributed by atoms with van der Waals surface area (Å²) in [6.07, 6.45) is 8.12. The van der Waals surface area contributed by atoms with Crippen molar-refractivity contribution in [2.75, 3.05) is 24.2 Å². The molecule has 2 aromatic heterocycles. The van der Waals surface area contributed by atoms with Crippen LogP contribution in [0.3, 0.4) is 0 Å². The van der Waals surface area contributed by atoms with E-state index >= 15 is 0 Å². The summed E-state index contributed by atoms with van der Waals surface area (Å²) in [6, 6.07) is 0.409. The summed E-state index contributed by atoms with van der Waals surface area (Å²) in [5.41, 5.74) is 0.756. The highest BCUT2D eigenvalue weighted by molar-refractivity contribution is 5.77. The van der Waals surface area contributed by atoms with Gasteiger partial charge >= 0.3 is 0 Å². The summed E-state index contributed by atoms with van der Waals surface area (Å²) in [5, 5.41) is 9.14. The van der Waals surface area contributed by atoms with Gasteiger partial charge in [0.1, 0.15) is 5.82 Å². The quantitative estimate of drug-likeness (QED) is 0.727. The van der Waals surface area contributed by atoms with E-state index in [-0.39, 0.29) is 5.91 Å². The van der Waals surface area contributed by atoms with Crippen molar-refractivity contribution in [1.82, 2.24) is 19.7 Å². The molecule has 3 rings (SSSR count). The molecule has 0 spiro atoms. The Morgan fingerprint density at radius 1 is 1.50 bits per heavy atom. The molecule has 3 N–H and O–H groups in total. The number of imidazole rings is 1. The molecular formula is C13H18N6O. The Balaban J connectivity index is 1.63. The molecule has 106 valence electrons. The Morgan fingerprint density at radius 2 is 2.35 bits per heavy atom. The van der Waals surface area contributed by atoms with Gasteiger partial charge in [0, 0.05) is 38.4 Å². The van der Waals surface area contributed by atoms with E-state index in [4.69, 9.17) is 0 Å². The van der Waals surface area contributed by atoms with Gasteiger partial charge in [-0.1, -0.05) is 0 Å². The third-order valence-electron chi connectivity index (χ3n) is 3.22. The molecule has 0 atom stereocenters. The van der Waals surface area contributed by atoms with Crippen LogP contribution in [-0.4, -0.2) is 39.9 Å². The monoisotopic (exact) mass is 274 g/mol. The molecule has 7 heteroatoms. The maximum atomic E-state index is 11.6. The highest BCUT2D eigenvalue weighted by atomic mass is 16.1. The fourth-order valence-electron chi connectivity index (χ4n) is 1.99. The highest BCUT2D eigenvalue weighted by Crippen LogP contribution is 2.19. The van der Waals surface area contributed by atoms with Crippen LogP contribution in [0.2, 0.25) is 0 Å². The molecule has 0 bridgehead atoms. The molecule has 7 nitrogen and oxygen atoms in total. The second-order valence-corrected chi connectivity index (χ2v) is 4.90. The topological polar surface area (TPSA) is 83.3 Å². The number of hydrogen-bond donors (Lipinski definition) is 3. The van der Waals surface area contributed by atoms with Crippen molar-refractivity contribution in [1.29, 1.82) is 0 Å². The summed E-state index contributed by atoms with van der Waals surface area (Å²) in [6.45, 7) is 0.543. The van der Waals surface area contributed by atoms with Gasteiger partial charge in [0.25, 0.3) is 0 Å².